The second-order valence-electron chi connectivity index (χ2n) is 10.3. The molecule has 0 radical (unpaired) electrons. The van der Waals surface area contributed by atoms with E-state index in [-0.39, 0.29) is 17.8 Å². The zero-order valence-electron chi connectivity index (χ0n) is 20.5. The van der Waals surface area contributed by atoms with Crippen LogP contribution in [0.1, 0.15) is 30.9 Å². The molecule has 4 unspecified atom stereocenters. The van der Waals surface area contributed by atoms with Crippen LogP contribution in [0.15, 0.2) is 42.7 Å². The number of nitrogens with zero attached hydrogens (tertiary/aromatic N) is 3. The third kappa shape index (κ3) is 4.99. The van der Waals surface area contributed by atoms with E-state index in [2.05, 4.69) is 34.1 Å². The highest BCUT2D eigenvalue weighted by Crippen LogP contribution is 2.58. The number of ether oxygens (including phenoxy) is 1. The number of carbonyl (C=O) groups is 1. The van der Waals surface area contributed by atoms with Crippen molar-refractivity contribution < 1.29 is 23.0 Å². The molecule has 37 heavy (non-hydrogen) atoms. The third-order valence-corrected chi connectivity index (χ3v) is 10.8. The fourth-order valence-electron chi connectivity index (χ4n) is 5.83. The molecule has 3 aromatic rings. The van der Waals surface area contributed by atoms with Crippen molar-refractivity contribution >= 4 is 33.6 Å². The minimum Gasteiger partial charge on any atom is -0.469 e. The molecule has 10 heteroatoms. The molecule has 196 valence electrons. The van der Waals surface area contributed by atoms with Crippen molar-refractivity contribution in [3.05, 3.63) is 54.2 Å². The number of hydrogen-bond acceptors (Lipinski definition) is 8. The Hall–Kier alpha value is -2.53. The zero-order chi connectivity index (χ0) is 25.7. The van der Waals surface area contributed by atoms with Gasteiger partial charge in [0.05, 0.1) is 41.3 Å². The SMILES string of the molecule is COC(=O)C1CC2CC2CC1c1nc(-c2cncc(F)c2)sc1-c1ccc(N2CCS(O)(O)CC2)cc1. The van der Waals surface area contributed by atoms with E-state index in [9.17, 15) is 18.3 Å². The smallest absolute Gasteiger partial charge is 0.309 e. The van der Waals surface area contributed by atoms with E-state index in [4.69, 9.17) is 9.72 Å². The zero-order valence-corrected chi connectivity index (χ0v) is 22.2. The number of esters is 1. The number of aromatic nitrogens is 2. The van der Waals surface area contributed by atoms with Gasteiger partial charge in [0.25, 0.3) is 0 Å². The van der Waals surface area contributed by atoms with Crippen LogP contribution >= 0.6 is 21.9 Å². The molecule has 3 heterocycles. The first kappa shape index (κ1) is 24.8. The van der Waals surface area contributed by atoms with Gasteiger partial charge >= 0.3 is 5.97 Å². The van der Waals surface area contributed by atoms with Crippen LogP contribution in [0.4, 0.5) is 10.1 Å². The molecule has 1 aliphatic heterocycles. The molecule has 0 bridgehead atoms. The number of fused-ring (bicyclic) bond motifs is 1. The number of pyridine rings is 1. The summed E-state index contributed by atoms with van der Waals surface area (Å²) in [6, 6.07) is 9.66. The maximum absolute atomic E-state index is 14.0. The standard InChI is InChI=1S/C27H30FN3O4S2/c1-35-27(32)23-13-18-10-17(18)12-22(23)24-25(36-26(30-24)19-11-20(28)15-29-14-19)16-2-4-21(5-3-16)31-6-8-37(33,34)9-7-31/h2-5,11,14-15,17-18,22-23,33-34H,6-10,12-13H2,1H3. The van der Waals surface area contributed by atoms with Gasteiger partial charge in [0.1, 0.15) is 10.8 Å². The van der Waals surface area contributed by atoms with Crippen molar-refractivity contribution in [2.24, 2.45) is 17.8 Å². The van der Waals surface area contributed by atoms with Crippen molar-refractivity contribution in [2.45, 2.75) is 25.2 Å². The Bertz CT molecular complexity index is 1310. The van der Waals surface area contributed by atoms with Gasteiger partial charge < -0.3 is 9.64 Å². The van der Waals surface area contributed by atoms with Crippen molar-refractivity contribution in [3.8, 4) is 21.0 Å². The molecule has 7 nitrogen and oxygen atoms in total. The molecule has 2 aromatic heterocycles. The maximum Gasteiger partial charge on any atom is 0.309 e. The summed E-state index contributed by atoms with van der Waals surface area (Å²) >= 11 is 1.50. The predicted molar refractivity (Wildman–Crippen MR) is 145 cm³/mol. The van der Waals surface area contributed by atoms with E-state index in [0.717, 1.165) is 41.1 Å². The summed E-state index contributed by atoms with van der Waals surface area (Å²) in [4.78, 5) is 25.0. The number of benzene rings is 1. The molecule has 1 saturated heterocycles. The van der Waals surface area contributed by atoms with Gasteiger partial charge in [-0.1, -0.05) is 12.1 Å². The van der Waals surface area contributed by atoms with Crippen LogP contribution in [0.25, 0.3) is 21.0 Å². The second kappa shape index (κ2) is 9.65. The topological polar surface area (TPSA) is 95.8 Å². The lowest BCUT2D eigenvalue weighted by molar-refractivity contribution is -0.147. The lowest BCUT2D eigenvalue weighted by Gasteiger charge is -2.41. The molecule has 3 aliphatic rings. The maximum atomic E-state index is 14.0. The Labute approximate surface area is 221 Å². The summed E-state index contributed by atoms with van der Waals surface area (Å²) in [6.45, 7) is 1.21. The normalized spacial score (nSPS) is 27.3. The Balaban J connectivity index is 1.37. The van der Waals surface area contributed by atoms with Crippen LogP contribution < -0.4 is 4.90 Å². The molecule has 0 amide bonds. The van der Waals surface area contributed by atoms with E-state index in [1.54, 1.807) is 6.20 Å². The summed E-state index contributed by atoms with van der Waals surface area (Å²) in [6.07, 6.45) is 5.68. The summed E-state index contributed by atoms with van der Waals surface area (Å²) < 4.78 is 39.1. The van der Waals surface area contributed by atoms with Crippen molar-refractivity contribution in [3.63, 3.8) is 0 Å². The van der Waals surface area contributed by atoms with Gasteiger partial charge in [0.2, 0.25) is 0 Å². The van der Waals surface area contributed by atoms with Crippen LogP contribution in [-0.2, 0) is 9.53 Å². The van der Waals surface area contributed by atoms with Crippen LogP contribution in [0.3, 0.4) is 0 Å². The fraction of sp³-hybridized carbons (Fsp3) is 0.444. The Morgan fingerprint density at radius 3 is 2.51 bits per heavy atom. The average Bonchev–Trinajstić information content (AvgIpc) is 3.53. The van der Waals surface area contributed by atoms with E-state index in [1.807, 2.05) is 0 Å². The molecule has 2 N–H and O–H groups in total. The van der Waals surface area contributed by atoms with Gasteiger partial charge in [0.15, 0.2) is 0 Å². The van der Waals surface area contributed by atoms with Gasteiger partial charge in [-0.05, 0) is 54.9 Å². The van der Waals surface area contributed by atoms with Gasteiger partial charge in [-0.2, -0.15) is 10.6 Å². The lowest BCUT2D eigenvalue weighted by atomic mass is 9.77. The molecule has 4 atom stereocenters. The van der Waals surface area contributed by atoms with Crippen LogP contribution in [-0.4, -0.2) is 56.7 Å². The van der Waals surface area contributed by atoms with Crippen molar-refractivity contribution in [1.29, 1.82) is 0 Å². The first-order chi connectivity index (χ1) is 17.8. The minimum atomic E-state index is -2.45. The highest BCUT2D eigenvalue weighted by Gasteiger charge is 2.50. The van der Waals surface area contributed by atoms with Crippen molar-refractivity contribution in [1.82, 2.24) is 9.97 Å². The van der Waals surface area contributed by atoms with E-state index in [1.165, 1.54) is 30.7 Å². The third-order valence-electron chi connectivity index (χ3n) is 8.00. The van der Waals surface area contributed by atoms with Gasteiger partial charge in [-0.25, -0.2) is 9.37 Å². The highest BCUT2D eigenvalue weighted by molar-refractivity contribution is 8.24. The van der Waals surface area contributed by atoms with E-state index in [0.29, 0.717) is 47.0 Å². The Morgan fingerprint density at radius 2 is 1.81 bits per heavy atom. The number of anilines is 1. The number of rotatable bonds is 5. The molecule has 3 fully saturated rings. The largest absolute Gasteiger partial charge is 0.469 e. The van der Waals surface area contributed by atoms with Crippen LogP contribution in [0, 0.1) is 23.6 Å². The monoisotopic (exact) mass is 543 g/mol. The summed E-state index contributed by atoms with van der Waals surface area (Å²) in [5, 5.41) is 0.684. The number of methoxy groups -OCH3 is 1. The van der Waals surface area contributed by atoms with Gasteiger partial charge in [0, 0.05) is 36.5 Å². The summed E-state index contributed by atoms with van der Waals surface area (Å²) in [5.41, 5.74) is 3.53. The molecular weight excluding hydrogens is 513 g/mol. The fourth-order valence-corrected chi connectivity index (χ4v) is 8.19. The quantitative estimate of drug-likeness (QED) is 0.388. The Morgan fingerprint density at radius 1 is 1.08 bits per heavy atom. The molecule has 6 rings (SSSR count). The molecular formula is C27H30FN3O4S2. The van der Waals surface area contributed by atoms with Gasteiger partial charge in [-0.3, -0.25) is 18.9 Å². The number of thiazole rings is 1. The second-order valence-corrected chi connectivity index (χ2v) is 13.8. The number of carbonyl (C=O) groups excluding carboxylic acids is 1. The predicted octanol–water partition coefficient (Wildman–Crippen LogP) is 5.88. The molecule has 0 spiro atoms. The molecule has 1 aromatic carbocycles. The summed E-state index contributed by atoms with van der Waals surface area (Å²) in [7, 11) is -1.01. The average molecular weight is 544 g/mol. The number of halogens is 1. The Kier molecular flexibility index (Phi) is 6.46. The lowest BCUT2D eigenvalue weighted by Crippen LogP contribution is -2.38. The summed E-state index contributed by atoms with van der Waals surface area (Å²) in [5.74, 6) is 1.10. The van der Waals surface area contributed by atoms with Crippen LogP contribution in [0.5, 0.6) is 0 Å². The van der Waals surface area contributed by atoms with Crippen LogP contribution in [0.2, 0.25) is 0 Å². The minimum absolute atomic E-state index is 0.0512. The highest BCUT2D eigenvalue weighted by atomic mass is 32.3. The number of hydrogen-bond donors (Lipinski definition) is 2. The first-order valence-electron chi connectivity index (χ1n) is 12.6. The van der Waals surface area contributed by atoms with Crippen molar-refractivity contribution in [2.75, 3.05) is 36.6 Å². The molecule has 2 aliphatic carbocycles. The van der Waals surface area contributed by atoms with E-state index >= 15 is 0 Å². The molecule has 2 saturated carbocycles. The van der Waals surface area contributed by atoms with Gasteiger partial charge in [-0.15, -0.1) is 11.3 Å². The van der Waals surface area contributed by atoms with E-state index < -0.39 is 16.4 Å². The first-order valence-corrected chi connectivity index (χ1v) is 15.3.